The van der Waals surface area contributed by atoms with Crippen molar-refractivity contribution in [1.82, 2.24) is 0 Å². The van der Waals surface area contributed by atoms with E-state index in [0.29, 0.717) is 12.2 Å². The van der Waals surface area contributed by atoms with Crippen LogP contribution in [0.5, 0.6) is 0 Å². The summed E-state index contributed by atoms with van der Waals surface area (Å²) >= 11 is 0. The van der Waals surface area contributed by atoms with Crippen LogP contribution in [0.15, 0.2) is 47.4 Å². The molecule has 4 nitrogen and oxygen atoms in total. The number of aliphatic hydroxyl groups excluding tert-OH is 2. The van der Waals surface area contributed by atoms with Crippen molar-refractivity contribution in [2.75, 3.05) is 6.54 Å². The van der Waals surface area contributed by atoms with Crippen LogP contribution in [0, 0.1) is 5.92 Å². The number of fused-ring (bicyclic) bond motifs is 1. The molecule has 0 aromatic carbocycles. The molecule has 2 fully saturated rings. The van der Waals surface area contributed by atoms with E-state index in [1.807, 2.05) is 19.1 Å². The van der Waals surface area contributed by atoms with Crippen molar-refractivity contribution in [3.63, 3.8) is 0 Å². The first-order valence-corrected chi connectivity index (χ1v) is 7.64. The summed E-state index contributed by atoms with van der Waals surface area (Å²) in [5, 5.41) is 31.1. The summed E-state index contributed by atoms with van der Waals surface area (Å²) in [7, 11) is 0. The second-order valence-corrected chi connectivity index (χ2v) is 6.62. The molecule has 0 bridgehead atoms. The Bertz CT molecular complexity index is 552. The van der Waals surface area contributed by atoms with Gasteiger partial charge in [0.1, 0.15) is 18.7 Å². The van der Waals surface area contributed by atoms with Crippen LogP contribution < -0.4 is 4.90 Å². The minimum atomic E-state index is -1.40. The standard InChI is InChI=1S/C17H23NO3/c1-11(5-6-12-7-8-12)10-13-16(20)17(2,21)15-14(19)4-3-9-18(13)15/h3-6,10,12-13,16,19-21H,7-9H2,1-2H3/p+1. The smallest absolute Gasteiger partial charge is 0.185 e. The summed E-state index contributed by atoms with van der Waals surface area (Å²) in [6, 6.07) is -0.244. The molecule has 0 amide bonds. The van der Waals surface area contributed by atoms with Crippen LogP contribution in [0.4, 0.5) is 0 Å². The zero-order chi connectivity index (χ0) is 15.2. The van der Waals surface area contributed by atoms with Gasteiger partial charge in [0.05, 0.1) is 0 Å². The predicted octanol–water partition coefficient (Wildman–Crippen LogP) is 0.617. The van der Waals surface area contributed by atoms with Crippen molar-refractivity contribution in [3.05, 3.63) is 47.4 Å². The highest BCUT2D eigenvalue weighted by Crippen LogP contribution is 2.31. The Balaban J connectivity index is 1.89. The normalized spacial score (nSPS) is 40.2. The van der Waals surface area contributed by atoms with Gasteiger partial charge < -0.3 is 15.3 Å². The van der Waals surface area contributed by atoms with E-state index < -0.39 is 11.7 Å². The van der Waals surface area contributed by atoms with Crippen molar-refractivity contribution < 1.29 is 20.2 Å². The topological polar surface area (TPSA) is 65.1 Å². The van der Waals surface area contributed by atoms with Gasteiger partial charge in [-0.2, -0.15) is 0 Å². The molecule has 1 saturated carbocycles. The first kappa shape index (κ1) is 14.6. The molecule has 0 radical (unpaired) electrons. The molecule has 2 heterocycles. The highest BCUT2D eigenvalue weighted by molar-refractivity contribution is 5.31. The lowest BCUT2D eigenvalue weighted by Crippen LogP contribution is -3.13. The van der Waals surface area contributed by atoms with Crippen LogP contribution in [0.3, 0.4) is 0 Å². The summed E-state index contributed by atoms with van der Waals surface area (Å²) in [5.41, 5.74) is 0.188. The number of aliphatic hydroxyl groups is 3. The van der Waals surface area contributed by atoms with Crippen molar-refractivity contribution in [2.24, 2.45) is 5.92 Å². The summed E-state index contributed by atoms with van der Waals surface area (Å²) in [6.07, 6.45) is 11.4. The van der Waals surface area contributed by atoms with Gasteiger partial charge in [-0.1, -0.05) is 12.2 Å². The summed E-state index contributed by atoms with van der Waals surface area (Å²) in [6.45, 7) is 4.25. The Kier molecular flexibility index (Phi) is 3.56. The number of hydrogen-bond donors (Lipinski definition) is 4. The van der Waals surface area contributed by atoms with Crippen LogP contribution >= 0.6 is 0 Å². The third kappa shape index (κ3) is 2.59. The maximum atomic E-state index is 10.6. The Hall–Kier alpha value is -1.36. The monoisotopic (exact) mass is 290 g/mol. The van der Waals surface area contributed by atoms with E-state index in [1.54, 1.807) is 13.0 Å². The lowest BCUT2D eigenvalue weighted by Gasteiger charge is -2.23. The highest BCUT2D eigenvalue weighted by Gasteiger charge is 2.57. The van der Waals surface area contributed by atoms with Gasteiger partial charge in [-0.05, 0) is 56.4 Å². The lowest BCUT2D eigenvalue weighted by molar-refractivity contribution is -0.869. The van der Waals surface area contributed by atoms with Gasteiger partial charge in [-0.25, -0.2) is 0 Å². The van der Waals surface area contributed by atoms with Gasteiger partial charge >= 0.3 is 0 Å². The lowest BCUT2D eigenvalue weighted by atomic mass is 9.94. The Morgan fingerprint density at radius 3 is 2.81 bits per heavy atom. The second kappa shape index (κ2) is 5.13. The van der Waals surface area contributed by atoms with Gasteiger partial charge in [-0.15, -0.1) is 0 Å². The first-order valence-electron chi connectivity index (χ1n) is 7.64. The van der Waals surface area contributed by atoms with Crippen molar-refractivity contribution in [2.45, 2.75) is 44.4 Å². The zero-order valence-corrected chi connectivity index (χ0v) is 12.6. The molecule has 3 aliphatic rings. The van der Waals surface area contributed by atoms with Crippen LogP contribution in [0.2, 0.25) is 0 Å². The van der Waals surface area contributed by atoms with E-state index in [2.05, 4.69) is 12.2 Å². The van der Waals surface area contributed by atoms with E-state index in [4.69, 9.17) is 0 Å². The molecule has 0 spiro atoms. The molecule has 2 aliphatic heterocycles. The molecule has 4 unspecified atom stereocenters. The van der Waals surface area contributed by atoms with Crippen LogP contribution in [0.1, 0.15) is 26.7 Å². The predicted molar refractivity (Wildman–Crippen MR) is 80.7 cm³/mol. The van der Waals surface area contributed by atoms with E-state index in [-0.39, 0.29) is 11.8 Å². The molecule has 1 saturated heterocycles. The van der Waals surface area contributed by atoms with Crippen molar-refractivity contribution in [1.29, 1.82) is 0 Å². The SMILES string of the molecule is CC(C=CC1CC1)=CC1C(O)C(C)(O)C2=C(O)C=CC[NH+]21. The van der Waals surface area contributed by atoms with E-state index in [9.17, 15) is 15.3 Å². The molecule has 1 aliphatic carbocycles. The highest BCUT2D eigenvalue weighted by atomic mass is 16.3. The average Bonchev–Trinajstić information content (AvgIpc) is 3.22. The molecule has 114 valence electrons. The molecule has 0 aromatic rings. The molecule has 4 heteroatoms. The molecule has 4 atom stereocenters. The number of nitrogens with one attached hydrogen (secondary N) is 1. The fourth-order valence-corrected chi connectivity index (χ4v) is 3.33. The molecule has 21 heavy (non-hydrogen) atoms. The molecule has 0 aromatic heterocycles. The second-order valence-electron chi connectivity index (χ2n) is 6.62. The molecular weight excluding hydrogens is 266 g/mol. The number of hydrogen-bond acceptors (Lipinski definition) is 3. The zero-order valence-electron chi connectivity index (χ0n) is 12.6. The van der Waals surface area contributed by atoms with Gasteiger partial charge in [-0.3, -0.25) is 4.90 Å². The number of quaternary nitrogens is 1. The van der Waals surface area contributed by atoms with Gasteiger partial charge in [0.15, 0.2) is 17.1 Å². The summed E-state index contributed by atoms with van der Waals surface area (Å²) < 4.78 is 0. The third-order valence-electron chi connectivity index (χ3n) is 4.71. The van der Waals surface area contributed by atoms with Crippen molar-refractivity contribution >= 4 is 0 Å². The number of rotatable bonds is 3. The molecule has 4 N–H and O–H groups in total. The Labute approximate surface area is 125 Å². The van der Waals surface area contributed by atoms with Gasteiger partial charge in [0.2, 0.25) is 0 Å². The fraction of sp³-hybridized carbons (Fsp3) is 0.529. The third-order valence-corrected chi connectivity index (χ3v) is 4.71. The molecular formula is C17H24NO3+. The quantitative estimate of drug-likeness (QED) is 0.576. The fourth-order valence-electron chi connectivity index (χ4n) is 3.33. The summed E-state index contributed by atoms with van der Waals surface area (Å²) in [5.74, 6) is 0.789. The maximum Gasteiger partial charge on any atom is 0.185 e. The maximum absolute atomic E-state index is 10.6. The first-order chi connectivity index (χ1) is 9.91. The minimum Gasteiger partial charge on any atom is -0.503 e. The van der Waals surface area contributed by atoms with Crippen molar-refractivity contribution in [3.8, 4) is 0 Å². The Morgan fingerprint density at radius 2 is 2.14 bits per heavy atom. The van der Waals surface area contributed by atoms with Crippen LogP contribution in [0.25, 0.3) is 0 Å². The van der Waals surface area contributed by atoms with Crippen LogP contribution in [-0.4, -0.2) is 39.6 Å². The van der Waals surface area contributed by atoms with E-state index in [1.165, 1.54) is 12.8 Å². The largest absolute Gasteiger partial charge is 0.503 e. The minimum absolute atomic E-state index is 0.0716. The van der Waals surface area contributed by atoms with Crippen LogP contribution in [-0.2, 0) is 0 Å². The van der Waals surface area contributed by atoms with Gasteiger partial charge in [0.25, 0.3) is 0 Å². The van der Waals surface area contributed by atoms with E-state index in [0.717, 1.165) is 16.4 Å². The molecule has 3 rings (SSSR count). The van der Waals surface area contributed by atoms with E-state index >= 15 is 0 Å². The Morgan fingerprint density at radius 1 is 1.43 bits per heavy atom. The summed E-state index contributed by atoms with van der Waals surface area (Å²) in [4.78, 5) is 0.923. The average molecular weight is 290 g/mol. The number of allylic oxidation sites excluding steroid dienone is 4. The van der Waals surface area contributed by atoms with Gasteiger partial charge in [0, 0.05) is 0 Å².